The van der Waals surface area contributed by atoms with Gasteiger partial charge in [0.1, 0.15) is 0 Å². The van der Waals surface area contributed by atoms with E-state index in [1.807, 2.05) is 13.8 Å². The van der Waals surface area contributed by atoms with Gasteiger partial charge in [-0.3, -0.25) is 14.9 Å². The number of hydrogen-bond donors (Lipinski definition) is 0. The average Bonchev–Trinajstić information content (AvgIpc) is 2.59. The second kappa shape index (κ2) is 7.61. The summed E-state index contributed by atoms with van der Waals surface area (Å²) in [5, 5.41) is 11.4. The molecule has 0 radical (unpaired) electrons. The number of rotatable bonds is 5. The van der Waals surface area contributed by atoms with E-state index in [9.17, 15) is 14.9 Å². The quantitative estimate of drug-likeness (QED) is 0.610. The first-order valence-corrected chi connectivity index (χ1v) is 8.27. The number of carbonyl (C=O) groups excluding carboxylic acids is 1. The van der Waals surface area contributed by atoms with Crippen molar-refractivity contribution in [2.75, 3.05) is 39.8 Å². The van der Waals surface area contributed by atoms with Crippen LogP contribution in [0.2, 0.25) is 0 Å². The van der Waals surface area contributed by atoms with Crippen LogP contribution in [0.5, 0.6) is 5.75 Å². The van der Waals surface area contributed by atoms with Crippen LogP contribution >= 0.6 is 0 Å². The third-order valence-corrected chi connectivity index (χ3v) is 4.50. The predicted molar refractivity (Wildman–Crippen MR) is 91.8 cm³/mol. The van der Waals surface area contributed by atoms with E-state index in [4.69, 9.17) is 4.74 Å². The fourth-order valence-electron chi connectivity index (χ4n) is 2.92. The zero-order valence-electron chi connectivity index (χ0n) is 14.7. The van der Waals surface area contributed by atoms with Crippen molar-refractivity contribution in [1.82, 2.24) is 9.80 Å². The Kier molecular flexibility index (Phi) is 5.77. The molecule has 7 heteroatoms. The highest BCUT2D eigenvalue weighted by atomic mass is 16.6. The predicted octanol–water partition coefficient (Wildman–Crippen LogP) is 2.50. The first-order chi connectivity index (χ1) is 11.4. The molecule has 0 aliphatic carbocycles. The summed E-state index contributed by atoms with van der Waals surface area (Å²) in [6.07, 6.45) is 0. The van der Waals surface area contributed by atoms with Crippen LogP contribution in [0.3, 0.4) is 0 Å². The van der Waals surface area contributed by atoms with Gasteiger partial charge >= 0.3 is 5.69 Å². The molecular formula is C17H25N3O4. The second-order valence-corrected chi connectivity index (χ2v) is 6.26. The number of nitro benzene ring substituents is 1. The normalized spacial score (nSPS) is 15.6. The van der Waals surface area contributed by atoms with E-state index in [2.05, 4.69) is 11.8 Å². The van der Waals surface area contributed by atoms with Crippen molar-refractivity contribution in [2.45, 2.75) is 26.7 Å². The van der Waals surface area contributed by atoms with E-state index >= 15 is 0 Å². The standard InChI is InChI=1S/C17H25N3O4/c1-5-18-6-8-19(9-7-18)17(21)14-10-13(12(2)3)11-15(20(22)23)16(14)24-4/h10-12H,5-9H2,1-4H3. The minimum absolute atomic E-state index is 0.0484. The number of nitro groups is 1. The van der Waals surface area contributed by atoms with Crippen molar-refractivity contribution in [1.29, 1.82) is 0 Å². The van der Waals surface area contributed by atoms with Gasteiger partial charge in [-0.1, -0.05) is 20.8 Å². The van der Waals surface area contributed by atoms with E-state index in [0.717, 1.165) is 25.2 Å². The number of nitrogens with zero attached hydrogens (tertiary/aromatic N) is 3. The maximum atomic E-state index is 12.9. The lowest BCUT2D eigenvalue weighted by atomic mass is 9.98. The lowest BCUT2D eigenvalue weighted by molar-refractivity contribution is -0.385. The molecule has 1 aliphatic heterocycles. The molecule has 0 N–H and O–H groups in total. The van der Waals surface area contributed by atoms with Gasteiger partial charge in [-0.2, -0.15) is 0 Å². The Morgan fingerprint density at radius 1 is 1.29 bits per heavy atom. The highest BCUT2D eigenvalue weighted by Gasteiger charge is 2.29. The summed E-state index contributed by atoms with van der Waals surface area (Å²) >= 11 is 0. The van der Waals surface area contributed by atoms with E-state index < -0.39 is 4.92 Å². The Labute approximate surface area is 142 Å². The lowest BCUT2D eigenvalue weighted by Gasteiger charge is -2.34. The summed E-state index contributed by atoms with van der Waals surface area (Å²) in [5.41, 5.74) is 0.887. The molecular weight excluding hydrogens is 310 g/mol. The van der Waals surface area contributed by atoms with Gasteiger partial charge in [0.25, 0.3) is 5.91 Å². The topological polar surface area (TPSA) is 75.9 Å². The molecule has 1 aromatic carbocycles. The van der Waals surface area contributed by atoms with Crippen LogP contribution < -0.4 is 4.74 Å². The zero-order chi connectivity index (χ0) is 17.9. The number of hydrogen-bond acceptors (Lipinski definition) is 5. The summed E-state index contributed by atoms with van der Waals surface area (Å²) in [6.45, 7) is 9.81. The molecule has 0 unspecified atom stereocenters. The van der Waals surface area contributed by atoms with Crippen LogP contribution in [0.4, 0.5) is 5.69 Å². The number of carbonyl (C=O) groups is 1. The van der Waals surface area contributed by atoms with Gasteiger partial charge in [0, 0.05) is 32.2 Å². The number of piperazine rings is 1. The van der Waals surface area contributed by atoms with Crippen LogP contribution in [-0.2, 0) is 0 Å². The van der Waals surface area contributed by atoms with Gasteiger partial charge in [-0.15, -0.1) is 0 Å². The molecule has 0 bridgehead atoms. The van der Waals surface area contributed by atoms with E-state index in [1.165, 1.54) is 13.2 Å². The summed E-state index contributed by atoms with van der Waals surface area (Å²) < 4.78 is 5.23. The Bertz CT molecular complexity index is 623. The van der Waals surface area contributed by atoms with E-state index in [0.29, 0.717) is 13.1 Å². The number of benzene rings is 1. The molecule has 132 valence electrons. The van der Waals surface area contributed by atoms with Crippen LogP contribution in [0, 0.1) is 10.1 Å². The van der Waals surface area contributed by atoms with Crippen molar-refractivity contribution in [2.24, 2.45) is 0 Å². The number of methoxy groups -OCH3 is 1. The van der Waals surface area contributed by atoms with Gasteiger partial charge in [-0.05, 0) is 24.1 Å². The summed E-state index contributed by atoms with van der Waals surface area (Å²) in [4.78, 5) is 27.8. The Morgan fingerprint density at radius 3 is 2.38 bits per heavy atom. The van der Waals surface area contributed by atoms with Crippen molar-refractivity contribution in [3.8, 4) is 5.75 Å². The van der Waals surface area contributed by atoms with Crippen LogP contribution in [-0.4, -0.2) is 60.5 Å². The second-order valence-electron chi connectivity index (χ2n) is 6.26. The Hall–Kier alpha value is -2.15. The molecule has 24 heavy (non-hydrogen) atoms. The Balaban J connectivity index is 2.40. The number of amides is 1. The van der Waals surface area contributed by atoms with E-state index in [-0.39, 0.29) is 28.8 Å². The van der Waals surface area contributed by atoms with Gasteiger partial charge in [0.2, 0.25) is 5.75 Å². The summed E-state index contributed by atoms with van der Waals surface area (Å²) in [7, 11) is 1.36. The Morgan fingerprint density at radius 2 is 1.92 bits per heavy atom. The molecule has 1 amide bonds. The molecule has 0 saturated carbocycles. The lowest BCUT2D eigenvalue weighted by Crippen LogP contribution is -2.48. The molecule has 0 atom stereocenters. The van der Waals surface area contributed by atoms with Gasteiger partial charge in [0.05, 0.1) is 17.6 Å². The highest BCUT2D eigenvalue weighted by Crippen LogP contribution is 2.35. The fraction of sp³-hybridized carbons (Fsp3) is 0.588. The minimum Gasteiger partial charge on any atom is -0.490 e. The van der Waals surface area contributed by atoms with Gasteiger partial charge < -0.3 is 14.5 Å². The van der Waals surface area contributed by atoms with Crippen LogP contribution in [0.15, 0.2) is 12.1 Å². The van der Waals surface area contributed by atoms with E-state index in [1.54, 1.807) is 11.0 Å². The maximum Gasteiger partial charge on any atom is 0.312 e. The summed E-state index contributed by atoms with van der Waals surface area (Å²) in [5.74, 6) is -0.0707. The molecule has 1 heterocycles. The van der Waals surface area contributed by atoms with Crippen LogP contribution in [0.1, 0.15) is 42.6 Å². The molecule has 0 spiro atoms. The third kappa shape index (κ3) is 3.67. The zero-order valence-corrected chi connectivity index (χ0v) is 14.7. The molecule has 1 aliphatic rings. The first kappa shape index (κ1) is 18.2. The summed E-state index contributed by atoms with van der Waals surface area (Å²) in [6, 6.07) is 3.22. The molecule has 2 rings (SSSR count). The van der Waals surface area contributed by atoms with Gasteiger partial charge in [0.15, 0.2) is 0 Å². The van der Waals surface area contributed by atoms with Crippen molar-refractivity contribution in [3.63, 3.8) is 0 Å². The molecule has 0 aromatic heterocycles. The van der Waals surface area contributed by atoms with Crippen molar-refractivity contribution >= 4 is 11.6 Å². The largest absolute Gasteiger partial charge is 0.490 e. The maximum absolute atomic E-state index is 12.9. The number of likely N-dealkylation sites (N-methyl/N-ethyl adjacent to an activating group) is 1. The highest BCUT2D eigenvalue weighted by molar-refractivity contribution is 5.98. The molecule has 1 aromatic rings. The number of ether oxygens (including phenoxy) is 1. The van der Waals surface area contributed by atoms with Crippen LogP contribution in [0.25, 0.3) is 0 Å². The average molecular weight is 335 g/mol. The first-order valence-electron chi connectivity index (χ1n) is 8.27. The minimum atomic E-state index is -0.490. The monoisotopic (exact) mass is 335 g/mol. The fourth-order valence-corrected chi connectivity index (χ4v) is 2.92. The van der Waals surface area contributed by atoms with Gasteiger partial charge in [-0.25, -0.2) is 0 Å². The van der Waals surface area contributed by atoms with Crippen molar-refractivity contribution < 1.29 is 14.5 Å². The van der Waals surface area contributed by atoms with Crippen molar-refractivity contribution in [3.05, 3.63) is 33.4 Å². The smallest absolute Gasteiger partial charge is 0.312 e. The third-order valence-electron chi connectivity index (χ3n) is 4.50. The molecule has 1 saturated heterocycles. The molecule has 1 fully saturated rings. The molecule has 7 nitrogen and oxygen atoms in total. The SMILES string of the molecule is CCN1CCN(C(=O)c2cc(C(C)C)cc([N+](=O)[O-])c2OC)CC1.